The van der Waals surface area contributed by atoms with Crippen molar-refractivity contribution in [3.05, 3.63) is 65.9 Å². The molecule has 0 spiro atoms. The van der Waals surface area contributed by atoms with E-state index in [9.17, 15) is 0 Å². The van der Waals surface area contributed by atoms with E-state index < -0.39 is 8.07 Å². The lowest BCUT2D eigenvalue weighted by atomic mass is 10.2. The summed E-state index contributed by atoms with van der Waals surface area (Å²) in [7, 11) is 3.05. The SMILES string of the molecule is CC[Si](CC)(CC)c1cc2cccc(C)c2n1C.Cc1cccc2ccn(C)c12. The van der Waals surface area contributed by atoms with Crippen molar-refractivity contribution in [3.63, 3.8) is 0 Å². The molecule has 0 radical (unpaired) electrons. The van der Waals surface area contributed by atoms with Crippen LogP contribution in [-0.4, -0.2) is 17.2 Å². The van der Waals surface area contributed by atoms with Gasteiger partial charge in [0.1, 0.15) is 8.07 Å². The Kier molecular flexibility index (Phi) is 6.38. The van der Waals surface area contributed by atoms with Gasteiger partial charge in [0.2, 0.25) is 0 Å². The average Bonchev–Trinajstić information content (AvgIpc) is 3.27. The highest BCUT2D eigenvalue weighted by molar-refractivity contribution is 6.91. The van der Waals surface area contributed by atoms with Gasteiger partial charge in [-0.15, -0.1) is 0 Å². The van der Waals surface area contributed by atoms with E-state index in [1.54, 1.807) is 5.32 Å². The van der Waals surface area contributed by atoms with Crippen molar-refractivity contribution in [3.8, 4) is 0 Å². The fourth-order valence-corrected chi connectivity index (χ4v) is 8.86. The number of hydrogen-bond donors (Lipinski definition) is 0. The van der Waals surface area contributed by atoms with Crippen molar-refractivity contribution in [1.29, 1.82) is 0 Å². The highest BCUT2D eigenvalue weighted by atomic mass is 28.3. The van der Waals surface area contributed by atoms with Crippen LogP contribution >= 0.6 is 0 Å². The maximum atomic E-state index is 2.48. The maximum Gasteiger partial charge on any atom is 0.107 e. The van der Waals surface area contributed by atoms with Gasteiger partial charge in [-0.3, -0.25) is 0 Å². The van der Waals surface area contributed by atoms with Crippen LogP contribution in [0, 0.1) is 13.8 Å². The first-order valence-corrected chi connectivity index (χ1v) is 13.6. The highest BCUT2D eigenvalue weighted by Gasteiger charge is 2.32. The lowest BCUT2D eigenvalue weighted by Crippen LogP contribution is -2.49. The topological polar surface area (TPSA) is 9.86 Å². The molecule has 2 heterocycles. The van der Waals surface area contributed by atoms with E-state index in [0.29, 0.717) is 0 Å². The van der Waals surface area contributed by atoms with E-state index in [-0.39, 0.29) is 0 Å². The maximum absolute atomic E-state index is 2.48. The van der Waals surface area contributed by atoms with Crippen LogP contribution in [0.25, 0.3) is 21.8 Å². The van der Waals surface area contributed by atoms with Crippen molar-refractivity contribution in [2.24, 2.45) is 14.1 Å². The van der Waals surface area contributed by atoms with Crippen molar-refractivity contribution >= 4 is 35.2 Å². The Bertz CT molecular complexity index is 1100. The van der Waals surface area contributed by atoms with Crippen molar-refractivity contribution < 1.29 is 0 Å². The molecule has 154 valence electrons. The van der Waals surface area contributed by atoms with Gasteiger partial charge in [0, 0.05) is 25.6 Å². The third-order valence-corrected chi connectivity index (χ3v) is 12.6. The first kappa shape index (κ1) is 21.4. The smallest absolute Gasteiger partial charge is 0.107 e. The highest BCUT2D eigenvalue weighted by Crippen LogP contribution is 2.25. The summed E-state index contributed by atoms with van der Waals surface area (Å²) < 4.78 is 4.64. The van der Waals surface area contributed by atoms with Gasteiger partial charge in [0.15, 0.2) is 0 Å². The third kappa shape index (κ3) is 3.80. The number of hydrogen-bond acceptors (Lipinski definition) is 0. The van der Waals surface area contributed by atoms with Crippen molar-refractivity contribution in [2.45, 2.75) is 52.8 Å². The molecule has 0 saturated carbocycles. The Morgan fingerprint density at radius 2 is 1.28 bits per heavy atom. The standard InChI is InChI=1S/C16H25NSi.C10H11N/c1-6-18(7-2,8-3)15-12-14-11-9-10-13(4)16(14)17(15)5;1-8-4-3-5-9-6-7-11(2)10(8)9/h9-12H,6-8H2,1-5H3;3-7H,1-2H3. The number of aromatic nitrogens is 2. The summed E-state index contributed by atoms with van der Waals surface area (Å²) in [5.41, 5.74) is 5.51. The summed E-state index contributed by atoms with van der Waals surface area (Å²) in [6, 6.07) is 21.7. The van der Waals surface area contributed by atoms with Gasteiger partial charge >= 0.3 is 0 Å². The summed E-state index contributed by atoms with van der Waals surface area (Å²) in [5.74, 6) is 0. The summed E-state index contributed by atoms with van der Waals surface area (Å²) in [6.45, 7) is 11.5. The van der Waals surface area contributed by atoms with E-state index in [1.165, 1.54) is 51.1 Å². The molecule has 0 atom stereocenters. The van der Waals surface area contributed by atoms with Gasteiger partial charge in [-0.1, -0.05) is 75.3 Å². The Balaban J connectivity index is 0.000000186. The molecule has 0 bridgehead atoms. The molecular weight excluding hydrogens is 368 g/mol. The summed E-state index contributed by atoms with van der Waals surface area (Å²) in [4.78, 5) is 0. The monoisotopic (exact) mass is 404 g/mol. The van der Waals surface area contributed by atoms with Gasteiger partial charge in [-0.2, -0.15) is 0 Å². The van der Waals surface area contributed by atoms with E-state index in [4.69, 9.17) is 0 Å². The van der Waals surface area contributed by atoms with Crippen molar-refractivity contribution in [2.75, 3.05) is 0 Å². The average molecular weight is 405 g/mol. The molecule has 0 aliphatic heterocycles. The molecule has 29 heavy (non-hydrogen) atoms. The van der Waals surface area contributed by atoms with Gasteiger partial charge in [-0.25, -0.2) is 0 Å². The molecule has 0 aliphatic carbocycles. The number of fused-ring (bicyclic) bond motifs is 2. The largest absolute Gasteiger partial charge is 0.351 e. The number of rotatable bonds is 4. The molecule has 4 rings (SSSR count). The molecule has 0 unspecified atom stereocenters. The van der Waals surface area contributed by atoms with Crippen LogP contribution in [0.3, 0.4) is 0 Å². The molecule has 0 fully saturated rings. The van der Waals surface area contributed by atoms with Crippen LogP contribution in [0.2, 0.25) is 18.1 Å². The molecule has 0 amide bonds. The zero-order valence-corrected chi connectivity index (χ0v) is 20.2. The number of nitrogens with zero attached hydrogens (tertiary/aromatic N) is 2. The van der Waals surface area contributed by atoms with Crippen molar-refractivity contribution in [1.82, 2.24) is 9.13 Å². The minimum Gasteiger partial charge on any atom is -0.351 e. The van der Waals surface area contributed by atoms with Crippen LogP contribution in [-0.2, 0) is 14.1 Å². The summed E-state index contributed by atoms with van der Waals surface area (Å²) in [5, 5.41) is 4.38. The molecule has 2 nitrogen and oxygen atoms in total. The molecule has 2 aromatic heterocycles. The summed E-state index contributed by atoms with van der Waals surface area (Å²) in [6.07, 6.45) is 2.09. The molecule has 0 saturated heterocycles. The Morgan fingerprint density at radius 1 is 0.724 bits per heavy atom. The number of benzene rings is 2. The lowest BCUT2D eigenvalue weighted by molar-refractivity contribution is 0.964. The van der Waals surface area contributed by atoms with Crippen LogP contribution in [0.5, 0.6) is 0 Å². The fraction of sp³-hybridized carbons (Fsp3) is 0.385. The second kappa shape index (κ2) is 8.62. The molecule has 3 heteroatoms. The van der Waals surface area contributed by atoms with Gasteiger partial charge in [-0.05, 0) is 47.9 Å². The first-order valence-electron chi connectivity index (χ1n) is 10.9. The minimum absolute atomic E-state index is 1.28. The molecule has 2 aromatic carbocycles. The first-order chi connectivity index (χ1) is 13.9. The number of aryl methyl sites for hydroxylation is 4. The van der Waals surface area contributed by atoms with Gasteiger partial charge in [0.05, 0.1) is 11.0 Å². The molecule has 0 N–H and O–H groups in total. The van der Waals surface area contributed by atoms with E-state index in [0.717, 1.165) is 0 Å². The second-order valence-corrected chi connectivity index (χ2v) is 13.6. The lowest BCUT2D eigenvalue weighted by Gasteiger charge is -2.29. The van der Waals surface area contributed by atoms with E-state index >= 15 is 0 Å². The Morgan fingerprint density at radius 3 is 1.79 bits per heavy atom. The second-order valence-electron chi connectivity index (χ2n) is 8.38. The molecular formula is C26H36N2Si. The van der Waals surface area contributed by atoms with Gasteiger partial charge < -0.3 is 9.13 Å². The Labute approximate surface area is 177 Å². The van der Waals surface area contributed by atoms with Gasteiger partial charge in [0.25, 0.3) is 0 Å². The quantitative estimate of drug-likeness (QED) is 0.335. The van der Waals surface area contributed by atoms with Crippen LogP contribution in [0.4, 0.5) is 0 Å². The normalized spacial score (nSPS) is 11.7. The summed E-state index contributed by atoms with van der Waals surface area (Å²) >= 11 is 0. The minimum atomic E-state index is -1.28. The van der Waals surface area contributed by atoms with E-state index in [1.807, 2.05) is 0 Å². The number of para-hydroxylation sites is 2. The third-order valence-electron chi connectivity index (χ3n) is 6.93. The zero-order chi connectivity index (χ0) is 21.2. The zero-order valence-electron chi connectivity index (χ0n) is 19.2. The Hall–Kier alpha value is -2.26. The fourth-order valence-electron chi connectivity index (χ4n) is 4.99. The molecule has 0 aliphatic rings. The van der Waals surface area contributed by atoms with E-state index in [2.05, 4.69) is 113 Å². The molecule has 4 aromatic rings. The predicted octanol–water partition coefficient (Wildman–Crippen LogP) is 6.69. The van der Waals surface area contributed by atoms with Crippen LogP contribution < -0.4 is 5.32 Å². The van der Waals surface area contributed by atoms with Crippen LogP contribution in [0.1, 0.15) is 31.9 Å². The predicted molar refractivity (Wildman–Crippen MR) is 132 cm³/mol. The van der Waals surface area contributed by atoms with Crippen LogP contribution in [0.15, 0.2) is 54.7 Å².